The summed E-state index contributed by atoms with van der Waals surface area (Å²) in [7, 11) is 0. The van der Waals surface area contributed by atoms with Crippen molar-refractivity contribution >= 4 is 0 Å². The Balaban J connectivity index is 0. The van der Waals surface area contributed by atoms with Gasteiger partial charge in [-0.2, -0.15) is 10.5 Å². The van der Waals surface area contributed by atoms with Gasteiger partial charge in [-0.3, -0.25) is 0 Å². The maximum Gasteiger partial charge on any atom is 0.283 e. The number of rotatable bonds is 0. The minimum atomic E-state index is 0.750. The van der Waals surface area contributed by atoms with Gasteiger partial charge in [0, 0.05) is 0 Å². The molecule has 0 aromatic carbocycles. The first-order valence-electron chi connectivity index (χ1n) is 4.29. The van der Waals surface area contributed by atoms with Gasteiger partial charge in [0.2, 0.25) is 0 Å². The Labute approximate surface area is 79.0 Å². The highest BCUT2D eigenvalue weighted by molar-refractivity contribution is 4.59. The Bertz CT molecular complexity index is 151. The molecule has 0 radical (unpaired) electrons. The van der Waals surface area contributed by atoms with E-state index >= 15 is 0 Å². The smallest absolute Gasteiger partial charge is 0.283 e. The predicted octanol–water partition coefficient (Wildman–Crippen LogP) is 2.27. The fourth-order valence-corrected chi connectivity index (χ4v) is 1.31. The van der Waals surface area contributed by atoms with Crippen molar-refractivity contribution in [2.24, 2.45) is 5.92 Å². The molecule has 0 amide bonds. The van der Waals surface area contributed by atoms with E-state index in [4.69, 9.17) is 20.7 Å². The molecule has 0 spiro atoms. The van der Waals surface area contributed by atoms with Crippen LogP contribution in [-0.4, -0.2) is 10.2 Å². The third-order valence-corrected chi connectivity index (χ3v) is 1.89. The molecule has 0 heterocycles. The van der Waals surface area contributed by atoms with Crippen LogP contribution in [0.3, 0.4) is 0 Å². The van der Waals surface area contributed by atoms with Gasteiger partial charge >= 0.3 is 0 Å². The molecule has 1 saturated carbocycles. The van der Waals surface area contributed by atoms with Gasteiger partial charge < -0.3 is 10.2 Å². The Morgan fingerprint density at radius 3 is 1.46 bits per heavy atom. The van der Waals surface area contributed by atoms with Gasteiger partial charge in [-0.1, -0.05) is 39.0 Å². The van der Waals surface area contributed by atoms with Crippen molar-refractivity contribution in [3.63, 3.8) is 0 Å². The second kappa shape index (κ2) is 13.2. The lowest BCUT2D eigenvalue weighted by molar-refractivity contribution is 0.385. The van der Waals surface area contributed by atoms with Crippen molar-refractivity contribution in [2.75, 3.05) is 0 Å². The van der Waals surface area contributed by atoms with E-state index in [1.165, 1.54) is 32.1 Å². The minimum absolute atomic E-state index is 0.750. The molecule has 0 atom stereocenters. The molecular formula is C9H16N2O2. The van der Waals surface area contributed by atoms with E-state index in [0.29, 0.717) is 0 Å². The van der Waals surface area contributed by atoms with E-state index in [1.807, 2.05) is 0 Å². The summed E-state index contributed by atoms with van der Waals surface area (Å²) in [4.78, 5) is 0. The van der Waals surface area contributed by atoms with E-state index in [1.54, 1.807) is 0 Å². The zero-order chi connectivity index (χ0) is 10.5. The molecule has 1 aliphatic rings. The van der Waals surface area contributed by atoms with E-state index < -0.39 is 0 Å². The van der Waals surface area contributed by atoms with Gasteiger partial charge in [0.15, 0.2) is 0 Å². The molecule has 1 rings (SSSR count). The van der Waals surface area contributed by atoms with Crippen molar-refractivity contribution in [3.05, 3.63) is 0 Å². The monoisotopic (exact) mass is 184 g/mol. The molecule has 13 heavy (non-hydrogen) atoms. The van der Waals surface area contributed by atoms with Gasteiger partial charge in [-0.25, -0.2) is 0 Å². The summed E-state index contributed by atoms with van der Waals surface area (Å²) in [5.41, 5.74) is 0. The van der Waals surface area contributed by atoms with E-state index in [0.717, 1.165) is 18.4 Å². The highest BCUT2D eigenvalue weighted by atomic mass is 16.2. The second-order valence-electron chi connectivity index (χ2n) is 2.94. The van der Waals surface area contributed by atoms with Crippen LogP contribution in [0.15, 0.2) is 0 Å². The Hall–Kier alpha value is -1.42. The van der Waals surface area contributed by atoms with E-state index in [2.05, 4.69) is 6.92 Å². The lowest BCUT2D eigenvalue weighted by Crippen LogP contribution is -1.99. The zero-order valence-corrected chi connectivity index (χ0v) is 7.90. The maximum atomic E-state index is 6.88. The van der Waals surface area contributed by atoms with Gasteiger partial charge in [0.05, 0.1) is 0 Å². The van der Waals surface area contributed by atoms with Crippen LogP contribution in [0.2, 0.25) is 0 Å². The largest absolute Gasteiger partial charge is 0.443 e. The molecular weight excluding hydrogens is 168 g/mol. The Morgan fingerprint density at radius 2 is 1.31 bits per heavy atom. The van der Waals surface area contributed by atoms with E-state index in [-0.39, 0.29) is 0 Å². The average molecular weight is 184 g/mol. The molecule has 1 fully saturated rings. The summed E-state index contributed by atoms with van der Waals surface area (Å²) in [6.07, 6.45) is 8.94. The molecule has 0 saturated heterocycles. The highest BCUT2D eigenvalue weighted by Gasteiger charge is 2.05. The van der Waals surface area contributed by atoms with Crippen LogP contribution in [0.5, 0.6) is 0 Å². The minimum Gasteiger partial charge on any atom is -0.443 e. The van der Waals surface area contributed by atoms with Gasteiger partial charge in [0.25, 0.3) is 12.5 Å². The molecule has 0 aromatic heterocycles. The number of hydrogen-bond acceptors (Lipinski definition) is 4. The number of nitriles is 2. The van der Waals surface area contributed by atoms with Gasteiger partial charge in [-0.05, 0) is 5.92 Å². The summed E-state index contributed by atoms with van der Waals surface area (Å²) < 4.78 is 0. The molecule has 0 aromatic rings. The molecule has 0 bridgehead atoms. The molecule has 2 N–H and O–H groups in total. The number of hydrogen-bond donors (Lipinski definition) is 2. The molecule has 0 unspecified atom stereocenters. The second-order valence-corrected chi connectivity index (χ2v) is 2.94. The predicted molar refractivity (Wildman–Crippen MR) is 47.3 cm³/mol. The third-order valence-electron chi connectivity index (χ3n) is 1.89. The molecule has 1 aliphatic carbocycles. The quantitative estimate of drug-likeness (QED) is 0.565. The first-order chi connectivity index (χ1) is 6.22. The number of aliphatic hydroxyl groups excluding tert-OH is 2. The fraction of sp³-hybridized carbons (Fsp3) is 0.778. The van der Waals surface area contributed by atoms with Crippen molar-refractivity contribution in [2.45, 2.75) is 39.0 Å². The summed E-state index contributed by atoms with van der Waals surface area (Å²) in [5.74, 6) is 1.04. The molecule has 4 nitrogen and oxygen atoms in total. The third kappa shape index (κ3) is 18.0. The van der Waals surface area contributed by atoms with Crippen LogP contribution in [0.25, 0.3) is 0 Å². The lowest BCUT2D eigenvalue weighted by atomic mass is 9.91. The molecule has 4 heteroatoms. The summed E-state index contributed by atoms with van der Waals surface area (Å²) in [6.45, 7) is 2.36. The maximum absolute atomic E-state index is 6.88. The first-order valence-corrected chi connectivity index (χ1v) is 4.29. The van der Waals surface area contributed by atoms with Crippen LogP contribution in [0, 0.1) is 29.0 Å². The van der Waals surface area contributed by atoms with Crippen molar-refractivity contribution < 1.29 is 10.2 Å². The summed E-state index contributed by atoms with van der Waals surface area (Å²) in [5, 5.41) is 27.5. The van der Waals surface area contributed by atoms with Crippen LogP contribution >= 0.6 is 0 Å². The van der Waals surface area contributed by atoms with Crippen molar-refractivity contribution in [1.82, 2.24) is 0 Å². The van der Waals surface area contributed by atoms with Crippen LogP contribution in [0.1, 0.15) is 39.0 Å². The standard InChI is InChI=1S/C7H14.2CHNO/c1-7-5-3-2-4-6-7;2*2-1-3/h7H,2-6H2,1H3;2*3H. The lowest BCUT2D eigenvalue weighted by Gasteiger charge is -2.15. The molecule has 0 aliphatic heterocycles. The highest BCUT2D eigenvalue weighted by Crippen LogP contribution is 2.21. The molecule has 74 valence electrons. The van der Waals surface area contributed by atoms with Crippen LogP contribution in [0.4, 0.5) is 0 Å². The van der Waals surface area contributed by atoms with Crippen LogP contribution < -0.4 is 0 Å². The van der Waals surface area contributed by atoms with Gasteiger partial charge in [0.1, 0.15) is 0 Å². The zero-order valence-electron chi connectivity index (χ0n) is 7.90. The van der Waals surface area contributed by atoms with Gasteiger partial charge in [-0.15, -0.1) is 0 Å². The van der Waals surface area contributed by atoms with E-state index in [9.17, 15) is 0 Å². The summed E-state index contributed by atoms with van der Waals surface area (Å²) >= 11 is 0. The first kappa shape index (κ1) is 14.1. The number of aliphatic hydroxyl groups is 2. The van der Waals surface area contributed by atoms with Crippen LogP contribution in [-0.2, 0) is 0 Å². The fourth-order valence-electron chi connectivity index (χ4n) is 1.31. The SMILES string of the molecule is CC1CCCCC1.N#CO.N#CO. The Morgan fingerprint density at radius 1 is 1.00 bits per heavy atom. The van der Waals surface area contributed by atoms with Crippen molar-refractivity contribution in [1.29, 1.82) is 10.5 Å². The normalized spacial score (nSPS) is 14.7. The van der Waals surface area contributed by atoms with Crippen molar-refractivity contribution in [3.8, 4) is 12.5 Å². The Kier molecular flexibility index (Phi) is 14.3. The average Bonchev–Trinajstić information content (AvgIpc) is 2.08. The summed E-state index contributed by atoms with van der Waals surface area (Å²) in [6, 6.07) is 0. The number of nitrogens with zero attached hydrogens (tertiary/aromatic N) is 2. The topological polar surface area (TPSA) is 88.0 Å².